The van der Waals surface area contributed by atoms with Crippen LogP contribution in [-0.4, -0.2) is 14.5 Å². The number of nitrogens with zero attached hydrogens (tertiary/aromatic N) is 3. The molecule has 1 aliphatic rings. The minimum absolute atomic E-state index is 0.0594. The molecule has 1 unspecified atom stereocenters. The van der Waals surface area contributed by atoms with Crippen LogP contribution in [0.1, 0.15) is 29.2 Å². The Labute approximate surface area is 307 Å². The normalized spacial score (nSPS) is 14.5. The molecular weight excluding hydrogens is 667 g/mol. The minimum Gasteiger partial charge on any atom is -0.456 e. The van der Waals surface area contributed by atoms with Crippen LogP contribution in [0.25, 0.3) is 98.0 Å². The maximum absolute atomic E-state index is 6.45. The highest BCUT2D eigenvalue weighted by atomic mass is 32.1. The summed E-state index contributed by atoms with van der Waals surface area (Å²) >= 11 is 1.77. The Kier molecular flexibility index (Phi) is 6.02. The molecule has 4 heterocycles. The van der Waals surface area contributed by atoms with Gasteiger partial charge in [-0.2, -0.15) is 0 Å². The zero-order chi connectivity index (χ0) is 34.6. The summed E-state index contributed by atoms with van der Waals surface area (Å²) in [6.45, 7) is 0. The van der Waals surface area contributed by atoms with Gasteiger partial charge >= 0.3 is 0 Å². The molecular formula is C48H29N3OS. The van der Waals surface area contributed by atoms with Gasteiger partial charge in [0, 0.05) is 49.0 Å². The molecule has 7 aromatic carbocycles. The van der Waals surface area contributed by atoms with Gasteiger partial charge in [0.15, 0.2) is 0 Å². The van der Waals surface area contributed by atoms with Crippen molar-refractivity contribution >= 4 is 92.1 Å². The number of hydrogen-bond donors (Lipinski definition) is 0. The van der Waals surface area contributed by atoms with Crippen LogP contribution in [0.15, 0.2) is 156 Å². The number of benzene rings is 7. The van der Waals surface area contributed by atoms with E-state index in [9.17, 15) is 0 Å². The highest BCUT2D eigenvalue weighted by Gasteiger charge is 2.30. The highest BCUT2D eigenvalue weighted by Crippen LogP contribution is 2.47. The molecule has 0 saturated heterocycles. The molecule has 1 atom stereocenters. The Hall–Kier alpha value is -6.56. The molecule has 248 valence electrons. The Bertz CT molecular complexity index is 3330. The summed E-state index contributed by atoms with van der Waals surface area (Å²) in [5.41, 5.74) is 9.68. The van der Waals surface area contributed by atoms with Gasteiger partial charge in [0.2, 0.25) is 5.95 Å². The van der Waals surface area contributed by atoms with E-state index >= 15 is 0 Å². The van der Waals surface area contributed by atoms with Crippen molar-refractivity contribution < 1.29 is 4.42 Å². The van der Waals surface area contributed by atoms with Gasteiger partial charge < -0.3 is 4.42 Å². The van der Waals surface area contributed by atoms with Crippen molar-refractivity contribution in [2.24, 2.45) is 0 Å². The van der Waals surface area contributed by atoms with E-state index in [1.165, 1.54) is 53.8 Å². The zero-order valence-corrected chi connectivity index (χ0v) is 29.3. The fourth-order valence-electron chi connectivity index (χ4n) is 8.82. The summed E-state index contributed by atoms with van der Waals surface area (Å²) in [6, 6.07) is 52.0. The lowest BCUT2D eigenvalue weighted by molar-refractivity contribution is 0.668. The van der Waals surface area contributed by atoms with E-state index in [1.807, 2.05) is 0 Å². The largest absolute Gasteiger partial charge is 0.456 e. The van der Waals surface area contributed by atoms with Crippen LogP contribution in [0.2, 0.25) is 0 Å². The molecule has 4 nitrogen and oxygen atoms in total. The lowest BCUT2D eigenvalue weighted by Gasteiger charge is -2.23. The van der Waals surface area contributed by atoms with E-state index in [0.29, 0.717) is 5.95 Å². The molecule has 0 N–H and O–H groups in total. The molecule has 11 aromatic rings. The van der Waals surface area contributed by atoms with Gasteiger partial charge in [0.05, 0.1) is 21.4 Å². The number of thiophene rings is 1. The van der Waals surface area contributed by atoms with Crippen molar-refractivity contribution in [3.8, 4) is 17.2 Å². The van der Waals surface area contributed by atoms with Crippen LogP contribution in [0.5, 0.6) is 0 Å². The maximum Gasteiger partial charge on any atom is 0.235 e. The van der Waals surface area contributed by atoms with E-state index < -0.39 is 0 Å². The van der Waals surface area contributed by atoms with Crippen LogP contribution in [0.3, 0.4) is 0 Å². The number of aromatic nitrogens is 3. The van der Waals surface area contributed by atoms with E-state index in [1.54, 1.807) is 11.3 Å². The fraction of sp³-hybridized carbons (Fsp3) is 0.0417. The Balaban J connectivity index is 1.19. The van der Waals surface area contributed by atoms with Crippen molar-refractivity contribution in [3.05, 3.63) is 168 Å². The second-order valence-corrected chi connectivity index (χ2v) is 15.1. The first-order chi connectivity index (χ1) is 26.3. The molecule has 0 radical (unpaired) electrons. The van der Waals surface area contributed by atoms with Crippen LogP contribution in [0, 0.1) is 0 Å². The van der Waals surface area contributed by atoms with Gasteiger partial charge in [0.25, 0.3) is 0 Å². The number of hydrogen-bond acceptors (Lipinski definition) is 4. The second-order valence-electron chi connectivity index (χ2n) is 14.0. The van der Waals surface area contributed by atoms with Crippen molar-refractivity contribution in [2.45, 2.75) is 12.3 Å². The third-order valence-electron chi connectivity index (χ3n) is 11.2. The first-order valence-corrected chi connectivity index (χ1v) is 18.9. The van der Waals surface area contributed by atoms with Gasteiger partial charge in [-0.25, -0.2) is 9.97 Å². The van der Waals surface area contributed by atoms with Crippen LogP contribution in [-0.2, 0) is 0 Å². The fourth-order valence-corrected chi connectivity index (χ4v) is 9.97. The van der Waals surface area contributed by atoms with Gasteiger partial charge in [-0.15, -0.1) is 11.3 Å². The first kappa shape index (κ1) is 29.1. The summed E-state index contributed by atoms with van der Waals surface area (Å²) in [5.74, 6) is 0.756. The molecule has 1 aliphatic carbocycles. The van der Waals surface area contributed by atoms with E-state index in [-0.39, 0.29) is 5.92 Å². The third kappa shape index (κ3) is 4.17. The standard InChI is InChI=1S/C48H29N3OS/c1-2-13-30(14-3-1)44-47-45(35-17-8-9-20-41(35)53-47)50-48(49-44)51-38-24-21-28-11-4-6-15-32(28)42(38)36-19-10-18-34(46(36)51)31-23-25-39-37(27-31)43-33-16-7-5-12-29(33)22-26-40(43)52-39/h1-17,19-27,34H,18H2. The van der Waals surface area contributed by atoms with Gasteiger partial charge in [-0.1, -0.05) is 127 Å². The molecule has 12 rings (SSSR count). The summed E-state index contributed by atoms with van der Waals surface area (Å²) in [7, 11) is 0. The van der Waals surface area contributed by atoms with Crippen LogP contribution >= 0.6 is 11.3 Å². The van der Waals surface area contributed by atoms with Gasteiger partial charge in [-0.05, 0) is 63.9 Å². The van der Waals surface area contributed by atoms with E-state index in [4.69, 9.17) is 14.4 Å². The van der Waals surface area contributed by atoms with Crippen molar-refractivity contribution in [2.75, 3.05) is 0 Å². The van der Waals surface area contributed by atoms with Crippen molar-refractivity contribution in [1.29, 1.82) is 0 Å². The highest BCUT2D eigenvalue weighted by molar-refractivity contribution is 7.26. The van der Waals surface area contributed by atoms with Crippen LogP contribution in [0.4, 0.5) is 0 Å². The lowest BCUT2D eigenvalue weighted by Crippen LogP contribution is -2.13. The summed E-state index contributed by atoms with van der Waals surface area (Å²) in [5, 5.41) is 9.59. The minimum atomic E-state index is 0.0594. The number of allylic oxidation sites excluding steroid dienone is 1. The second kappa shape index (κ2) is 11.0. The monoisotopic (exact) mass is 695 g/mol. The average molecular weight is 696 g/mol. The molecule has 0 amide bonds. The zero-order valence-electron chi connectivity index (χ0n) is 28.5. The van der Waals surface area contributed by atoms with Gasteiger partial charge in [-0.3, -0.25) is 4.57 Å². The molecule has 0 bridgehead atoms. The quantitative estimate of drug-likeness (QED) is 0.185. The molecule has 0 spiro atoms. The molecule has 0 aliphatic heterocycles. The smallest absolute Gasteiger partial charge is 0.235 e. The summed E-state index contributed by atoms with van der Waals surface area (Å²) < 4.78 is 11.1. The van der Waals surface area contributed by atoms with Crippen molar-refractivity contribution in [3.63, 3.8) is 0 Å². The van der Waals surface area contributed by atoms with Crippen LogP contribution < -0.4 is 0 Å². The molecule has 53 heavy (non-hydrogen) atoms. The molecule has 5 heteroatoms. The number of rotatable bonds is 3. The predicted molar refractivity (Wildman–Crippen MR) is 221 cm³/mol. The molecule has 4 aromatic heterocycles. The van der Waals surface area contributed by atoms with E-state index in [2.05, 4.69) is 162 Å². The molecule has 0 saturated carbocycles. The first-order valence-electron chi connectivity index (χ1n) is 18.1. The van der Waals surface area contributed by atoms with Crippen molar-refractivity contribution in [1.82, 2.24) is 14.5 Å². The number of fused-ring (bicyclic) bond motifs is 13. The Morgan fingerprint density at radius 2 is 1.34 bits per heavy atom. The average Bonchev–Trinajstić information content (AvgIpc) is 3.90. The molecule has 0 fully saturated rings. The topological polar surface area (TPSA) is 43.9 Å². The van der Waals surface area contributed by atoms with E-state index in [0.717, 1.165) is 55.4 Å². The summed E-state index contributed by atoms with van der Waals surface area (Å²) in [4.78, 5) is 11.0. The lowest BCUT2D eigenvalue weighted by atomic mass is 9.85. The summed E-state index contributed by atoms with van der Waals surface area (Å²) in [6.07, 6.45) is 5.53. The maximum atomic E-state index is 6.45. The predicted octanol–water partition coefficient (Wildman–Crippen LogP) is 13.2. The SMILES string of the molecule is C1=Cc2c(n(-c3nc(-c4ccccc4)c4sc5ccccc5c4n3)c3ccc4ccccc4c23)C(c2ccc3oc4ccc5ccccc5c4c3c2)C1. The Morgan fingerprint density at radius 3 is 2.19 bits per heavy atom. The third-order valence-corrected chi connectivity index (χ3v) is 12.3. The Morgan fingerprint density at radius 1 is 0.623 bits per heavy atom. The van der Waals surface area contributed by atoms with Gasteiger partial charge in [0.1, 0.15) is 11.2 Å². The number of furan rings is 1.